The van der Waals surface area contributed by atoms with E-state index in [1.54, 1.807) is 16.9 Å². The zero-order valence-corrected chi connectivity index (χ0v) is 5.52. The van der Waals surface area contributed by atoms with E-state index in [1.165, 1.54) is 0 Å². The second kappa shape index (κ2) is 1.76. The van der Waals surface area contributed by atoms with Gasteiger partial charge in [0.25, 0.3) is 0 Å². The van der Waals surface area contributed by atoms with Gasteiger partial charge in [-0.25, -0.2) is 4.52 Å². The first-order chi connectivity index (χ1) is 4.88. The SMILES string of the molecule is Cc1cnnc2ccnn12. The molecule has 0 bridgehead atoms. The van der Waals surface area contributed by atoms with Crippen molar-refractivity contribution in [2.24, 2.45) is 0 Å². The van der Waals surface area contributed by atoms with Gasteiger partial charge in [-0.3, -0.25) is 0 Å². The predicted molar refractivity (Wildman–Crippen MR) is 35.5 cm³/mol. The van der Waals surface area contributed by atoms with Gasteiger partial charge in [-0.05, 0) is 6.92 Å². The molecule has 0 N–H and O–H groups in total. The van der Waals surface area contributed by atoms with Gasteiger partial charge in [0.15, 0.2) is 5.65 Å². The summed E-state index contributed by atoms with van der Waals surface area (Å²) in [5, 5.41) is 11.7. The van der Waals surface area contributed by atoms with Crippen LogP contribution in [-0.4, -0.2) is 19.8 Å². The molecule has 2 aromatic heterocycles. The van der Waals surface area contributed by atoms with Crippen LogP contribution < -0.4 is 0 Å². The summed E-state index contributed by atoms with van der Waals surface area (Å²) in [7, 11) is 0. The topological polar surface area (TPSA) is 43.1 Å². The standard InChI is InChI=1S/C6H6N4/c1-5-4-7-9-6-2-3-8-10(5)6/h2-4H,1H3. The number of nitrogens with zero attached hydrogens (tertiary/aromatic N) is 4. The Bertz CT molecular complexity index is 351. The van der Waals surface area contributed by atoms with Gasteiger partial charge in [0, 0.05) is 6.07 Å². The molecule has 0 aliphatic carbocycles. The highest BCUT2D eigenvalue weighted by atomic mass is 15.3. The summed E-state index contributed by atoms with van der Waals surface area (Å²) in [6, 6.07) is 1.82. The van der Waals surface area contributed by atoms with E-state index < -0.39 is 0 Å². The maximum Gasteiger partial charge on any atom is 0.177 e. The molecule has 0 radical (unpaired) electrons. The largest absolute Gasteiger partial charge is 0.216 e. The number of fused-ring (bicyclic) bond motifs is 1. The summed E-state index contributed by atoms with van der Waals surface area (Å²) in [4.78, 5) is 0. The van der Waals surface area contributed by atoms with E-state index in [-0.39, 0.29) is 0 Å². The summed E-state index contributed by atoms with van der Waals surface area (Å²) in [6.45, 7) is 1.94. The molecule has 2 aromatic rings. The molecule has 0 unspecified atom stereocenters. The molecular weight excluding hydrogens is 128 g/mol. The zero-order chi connectivity index (χ0) is 6.97. The van der Waals surface area contributed by atoms with Gasteiger partial charge in [-0.2, -0.15) is 10.2 Å². The number of rotatable bonds is 0. The van der Waals surface area contributed by atoms with Crippen LogP contribution in [0, 0.1) is 6.92 Å². The molecule has 0 fully saturated rings. The third-order valence-corrected chi connectivity index (χ3v) is 1.36. The van der Waals surface area contributed by atoms with Crippen molar-refractivity contribution in [1.29, 1.82) is 0 Å². The lowest BCUT2D eigenvalue weighted by molar-refractivity contribution is 0.849. The molecule has 0 amide bonds. The Labute approximate surface area is 57.5 Å². The summed E-state index contributed by atoms with van der Waals surface area (Å²) in [5.74, 6) is 0. The molecule has 0 aliphatic rings. The predicted octanol–water partition coefficient (Wildman–Crippen LogP) is 0.433. The lowest BCUT2D eigenvalue weighted by atomic mass is 10.5. The lowest BCUT2D eigenvalue weighted by Crippen LogP contribution is -1.96. The first-order valence-electron chi connectivity index (χ1n) is 3.00. The average Bonchev–Trinajstić information content (AvgIpc) is 2.36. The quantitative estimate of drug-likeness (QED) is 0.524. The third-order valence-electron chi connectivity index (χ3n) is 1.36. The average molecular weight is 134 g/mol. The van der Waals surface area contributed by atoms with Crippen molar-refractivity contribution in [3.63, 3.8) is 0 Å². The molecule has 10 heavy (non-hydrogen) atoms. The Morgan fingerprint density at radius 2 is 2.40 bits per heavy atom. The lowest BCUT2D eigenvalue weighted by Gasteiger charge is -1.92. The molecule has 0 aliphatic heterocycles. The van der Waals surface area contributed by atoms with Gasteiger partial charge in [-0.15, -0.1) is 5.10 Å². The highest BCUT2D eigenvalue weighted by molar-refractivity contribution is 5.34. The zero-order valence-electron chi connectivity index (χ0n) is 5.52. The molecular formula is C6H6N4. The van der Waals surface area contributed by atoms with Crippen molar-refractivity contribution in [1.82, 2.24) is 19.8 Å². The van der Waals surface area contributed by atoms with Crippen molar-refractivity contribution in [3.05, 3.63) is 24.2 Å². The van der Waals surface area contributed by atoms with Crippen LogP contribution in [0.25, 0.3) is 5.65 Å². The molecule has 0 saturated heterocycles. The van der Waals surface area contributed by atoms with Crippen molar-refractivity contribution in [3.8, 4) is 0 Å². The molecule has 0 atom stereocenters. The van der Waals surface area contributed by atoms with Gasteiger partial charge in [-0.1, -0.05) is 0 Å². The summed E-state index contributed by atoms with van der Waals surface area (Å²) < 4.78 is 1.74. The summed E-state index contributed by atoms with van der Waals surface area (Å²) in [5.41, 5.74) is 1.79. The molecule has 50 valence electrons. The Hall–Kier alpha value is -1.45. The van der Waals surface area contributed by atoms with Crippen molar-refractivity contribution >= 4 is 5.65 Å². The second-order valence-corrected chi connectivity index (χ2v) is 2.09. The van der Waals surface area contributed by atoms with Crippen LogP contribution in [0.5, 0.6) is 0 Å². The van der Waals surface area contributed by atoms with Crippen molar-refractivity contribution in [2.75, 3.05) is 0 Å². The number of aromatic nitrogens is 4. The van der Waals surface area contributed by atoms with E-state index in [4.69, 9.17) is 0 Å². The molecule has 2 heterocycles. The van der Waals surface area contributed by atoms with Crippen LogP contribution in [0.15, 0.2) is 18.5 Å². The third kappa shape index (κ3) is 0.586. The number of hydrogen-bond donors (Lipinski definition) is 0. The van der Waals surface area contributed by atoms with Crippen LogP contribution in [0.3, 0.4) is 0 Å². The fraction of sp³-hybridized carbons (Fsp3) is 0.167. The van der Waals surface area contributed by atoms with E-state index in [1.807, 2.05) is 13.0 Å². The minimum Gasteiger partial charge on any atom is -0.216 e. The monoisotopic (exact) mass is 134 g/mol. The van der Waals surface area contributed by atoms with Crippen LogP contribution in [0.4, 0.5) is 0 Å². The highest BCUT2D eigenvalue weighted by Gasteiger charge is 1.95. The number of aryl methyl sites for hydroxylation is 1. The van der Waals surface area contributed by atoms with Gasteiger partial charge in [0.1, 0.15) is 0 Å². The van der Waals surface area contributed by atoms with Crippen molar-refractivity contribution in [2.45, 2.75) is 6.92 Å². The minimum atomic E-state index is 0.792. The molecule has 0 aromatic carbocycles. The fourth-order valence-corrected chi connectivity index (χ4v) is 0.870. The second-order valence-electron chi connectivity index (χ2n) is 2.09. The number of hydrogen-bond acceptors (Lipinski definition) is 3. The minimum absolute atomic E-state index is 0.792. The smallest absolute Gasteiger partial charge is 0.177 e. The fourth-order valence-electron chi connectivity index (χ4n) is 0.870. The van der Waals surface area contributed by atoms with E-state index in [2.05, 4.69) is 15.3 Å². The highest BCUT2D eigenvalue weighted by Crippen LogP contribution is 1.97. The molecule has 0 spiro atoms. The van der Waals surface area contributed by atoms with Gasteiger partial charge in [0.2, 0.25) is 0 Å². The Morgan fingerprint density at radius 1 is 1.50 bits per heavy atom. The maximum atomic E-state index is 4.03. The summed E-state index contributed by atoms with van der Waals surface area (Å²) >= 11 is 0. The maximum absolute atomic E-state index is 4.03. The normalized spacial score (nSPS) is 10.5. The van der Waals surface area contributed by atoms with Crippen LogP contribution in [0.1, 0.15) is 5.69 Å². The van der Waals surface area contributed by atoms with Gasteiger partial charge >= 0.3 is 0 Å². The van der Waals surface area contributed by atoms with Gasteiger partial charge < -0.3 is 0 Å². The molecule has 4 nitrogen and oxygen atoms in total. The molecule has 0 saturated carbocycles. The van der Waals surface area contributed by atoms with Crippen molar-refractivity contribution < 1.29 is 0 Å². The van der Waals surface area contributed by atoms with E-state index in [0.29, 0.717) is 0 Å². The first-order valence-corrected chi connectivity index (χ1v) is 3.00. The first kappa shape index (κ1) is 5.34. The van der Waals surface area contributed by atoms with Gasteiger partial charge in [0.05, 0.1) is 18.1 Å². The molecule has 4 heteroatoms. The Kier molecular flexibility index (Phi) is 0.943. The van der Waals surface area contributed by atoms with E-state index in [9.17, 15) is 0 Å². The Balaban J connectivity index is 2.95. The van der Waals surface area contributed by atoms with Crippen LogP contribution in [0.2, 0.25) is 0 Å². The van der Waals surface area contributed by atoms with E-state index >= 15 is 0 Å². The van der Waals surface area contributed by atoms with Crippen LogP contribution in [-0.2, 0) is 0 Å². The van der Waals surface area contributed by atoms with Crippen LogP contribution >= 0.6 is 0 Å². The molecule has 2 rings (SSSR count). The summed E-state index contributed by atoms with van der Waals surface area (Å²) in [6.07, 6.45) is 3.39. The van der Waals surface area contributed by atoms with E-state index in [0.717, 1.165) is 11.3 Å². The Morgan fingerprint density at radius 3 is 3.20 bits per heavy atom.